The molecular weight excluding hydrogens is 427 g/mol. The minimum atomic E-state index is -3.82. The van der Waals surface area contributed by atoms with Crippen molar-refractivity contribution in [2.45, 2.75) is 11.4 Å². The first-order valence-corrected chi connectivity index (χ1v) is 8.87. The van der Waals surface area contributed by atoms with Crippen LogP contribution in [0.1, 0.15) is 5.56 Å². The number of nitrogens with one attached hydrogen (secondary N) is 1. The van der Waals surface area contributed by atoms with Crippen LogP contribution < -0.4 is 10.5 Å². The molecule has 0 saturated heterocycles. The maximum atomic E-state index is 13.4. The van der Waals surface area contributed by atoms with Gasteiger partial charge in [-0.15, -0.1) is 0 Å². The summed E-state index contributed by atoms with van der Waals surface area (Å²) in [6, 6.07) is 8.55. The molecule has 4 nitrogen and oxygen atoms in total. The number of hydrogen-bond donors (Lipinski definition) is 2. The van der Waals surface area contributed by atoms with Crippen LogP contribution in [0.15, 0.2) is 50.2 Å². The van der Waals surface area contributed by atoms with E-state index in [0.29, 0.717) is 10.2 Å². The molecule has 0 aliphatic carbocycles. The second-order valence-corrected chi connectivity index (χ2v) is 7.64. The fourth-order valence-corrected chi connectivity index (χ4v) is 4.06. The number of hydrogen-bond acceptors (Lipinski definition) is 3. The zero-order chi connectivity index (χ0) is 15.6. The summed E-state index contributed by atoms with van der Waals surface area (Å²) < 4.78 is 41.8. The molecule has 2 aromatic rings. The molecular formula is C13H11Br2FN2O2S. The first-order chi connectivity index (χ1) is 9.83. The minimum absolute atomic E-state index is 0.0424. The topological polar surface area (TPSA) is 72.2 Å². The molecule has 0 spiro atoms. The Labute approximate surface area is 138 Å². The summed E-state index contributed by atoms with van der Waals surface area (Å²) in [5.74, 6) is -0.527. The largest absolute Gasteiger partial charge is 0.326 e. The highest BCUT2D eigenvalue weighted by molar-refractivity contribution is 9.11. The van der Waals surface area contributed by atoms with Crippen molar-refractivity contribution in [3.63, 3.8) is 0 Å². The molecule has 0 fully saturated rings. The highest BCUT2D eigenvalue weighted by atomic mass is 79.9. The summed E-state index contributed by atoms with van der Waals surface area (Å²) in [7, 11) is -3.82. The van der Waals surface area contributed by atoms with E-state index < -0.39 is 15.8 Å². The summed E-state index contributed by atoms with van der Waals surface area (Å²) in [5.41, 5.74) is 5.92. The molecule has 0 aliphatic heterocycles. The van der Waals surface area contributed by atoms with Gasteiger partial charge in [-0.25, -0.2) is 12.8 Å². The molecule has 0 heterocycles. The molecule has 2 aromatic carbocycles. The Morgan fingerprint density at radius 2 is 1.86 bits per heavy atom. The third kappa shape index (κ3) is 3.82. The van der Waals surface area contributed by atoms with Gasteiger partial charge in [0.2, 0.25) is 0 Å². The number of sulfonamides is 1. The van der Waals surface area contributed by atoms with Crippen molar-refractivity contribution >= 4 is 47.6 Å². The van der Waals surface area contributed by atoms with Gasteiger partial charge >= 0.3 is 0 Å². The highest BCUT2D eigenvalue weighted by Gasteiger charge is 2.17. The monoisotopic (exact) mass is 436 g/mol. The maximum absolute atomic E-state index is 13.4. The predicted molar refractivity (Wildman–Crippen MR) is 86.9 cm³/mol. The summed E-state index contributed by atoms with van der Waals surface area (Å²) in [6.45, 7) is -0.0723. The molecule has 0 bridgehead atoms. The molecule has 0 aromatic heterocycles. The lowest BCUT2D eigenvalue weighted by molar-refractivity contribution is 0.596. The Morgan fingerprint density at radius 1 is 1.14 bits per heavy atom. The van der Waals surface area contributed by atoms with Gasteiger partial charge < -0.3 is 5.73 Å². The second kappa shape index (κ2) is 6.43. The lowest BCUT2D eigenvalue weighted by Crippen LogP contribution is -2.14. The van der Waals surface area contributed by atoms with Crippen molar-refractivity contribution in [3.05, 3.63) is 56.7 Å². The van der Waals surface area contributed by atoms with E-state index >= 15 is 0 Å². The molecule has 0 unspecified atom stereocenters. The normalized spacial score (nSPS) is 11.4. The fourth-order valence-electron chi connectivity index (χ4n) is 1.65. The zero-order valence-electron chi connectivity index (χ0n) is 10.6. The van der Waals surface area contributed by atoms with Gasteiger partial charge in [-0.1, -0.05) is 15.9 Å². The molecule has 0 radical (unpaired) electrons. The van der Waals surface area contributed by atoms with Crippen LogP contribution in [0.25, 0.3) is 0 Å². The Hall–Kier alpha value is -0.960. The minimum Gasteiger partial charge on any atom is -0.326 e. The van der Waals surface area contributed by atoms with Crippen molar-refractivity contribution in [3.8, 4) is 0 Å². The standard InChI is InChI=1S/C13H11Br2FN2O2S/c14-9-1-4-13(11(15)6-9)18-21(19,20)10-2-3-12(16)8(5-10)7-17/h1-6,18H,7,17H2. The van der Waals surface area contributed by atoms with Gasteiger partial charge in [0.1, 0.15) is 5.82 Å². The number of anilines is 1. The van der Waals surface area contributed by atoms with Gasteiger partial charge in [0, 0.05) is 21.1 Å². The van der Waals surface area contributed by atoms with Gasteiger partial charge in [-0.3, -0.25) is 4.72 Å². The Balaban J connectivity index is 2.38. The summed E-state index contributed by atoms with van der Waals surface area (Å²) in [4.78, 5) is -0.0424. The molecule has 0 amide bonds. The average Bonchev–Trinajstić information content (AvgIpc) is 2.42. The zero-order valence-corrected chi connectivity index (χ0v) is 14.6. The van der Waals surface area contributed by atoms with Crippen molar-refractivity contribution in [2.75, 3.05) is 4.72 Å². The van der Waals surface area contributed by atoms with E-state index in [2.05, 4.69) is 36.6 Å². The molecule has 0 saturated carbocycles. The Kier molecular flexibility index (Phi) is 5.03. The van der Waals surface area contributed by atoms with Crippen molar-refractivity contribution in [2.24, 2.45) is 5.73 Å². The predicted octanol–water partition coefficient (Wildman–Crippen LogP) is 3.61. The van der Waals surface area contributed by atoms with E-state index in [9.17, 15) is 12.8 Å². The summed E-state index contributed by atoms with van der Waals surface area (Å²) >= 11 is 6.56. The van der Waals surface area contributed by atoms with Crippen LogP contribution in [0.4, 0.5) is 10.1 Å². The summed E-state index contributed by atoms with van der Waals surface area (Å²) in [6.07, 6.45) is 0. The van der Waals surface area contributed by atoms with Gasteiger partial charge in [0.05, 0.1) is 10.6 Å². The van der Waals surface area contributed by atoms with E-state index in [1.807, 2.05) is 0 Å². The average molecular weight is 438 g/mol. The van der Waals surface area contributed by atoms with E-state index in [-0.39, 0.29) is 17.0 Å². The van der Waals surface area contributed by atoms with E-state index in [1.165, 1.54) is 12.1 Å². The molecule has 8 heteroatoms. The second-order valence-electron chi connectivity index (χ2n) is 4.19. The summed E-state index contributed by atoms with van der Waals surface area (Å²) in [5, 5.41) is 0. The van der Waals surface area contributed by atoms with E-state index in [4.69, 9.17) is 5.73 Å². The van der Waals surface area contributed by atoms with E-state index in [1.54, 1.807) is 18.2 Å². The number of nitrogens with two attached hydrogens (primary N) is 1. The van der Waals surface area contributed by atoms with Gasteiger partial charge in [-0.05, 0) is 52.3 Å². The molecule has 112 valence electrons. The molecule has 0 atom stereocenters. The number of benzene rings is 2. The lowest BCUT2D eigenvalue weighted by atomic mass is 10.2. The van der Waals surface area contributed by atoms with Gasteiger partial charge in [0.15, 0.2) is 0 Å². The van der Waals surface area contributed by atoms with Crippen LogP contribution in [0, 0.1) is 5.82 Å². The van der Waals surface area contributed by atoms with Crippen LogP contribution in [0.3, 0.4) is 0 Å². The first-order valence-electron chi connectivity index (χ1n) is 5.80. The lowest BCUT2D eigenvalue weighted by Gasteiger charge is -2.11. The third-order valence-corrected chi connectivity index (χ3v) is 5.24. The fraction of sp³-hybridized carbons (Fsp3) is 0.0769. The number of halogens is 3. The molecule has 21 heavy (non-hydrogen) atoms. The van der Waals surface area contributed by atoms with E-state index in [0.717, 1.165) is 10.5 Å². The molecule has 2 rings (SSSR count). The third-order valence-electron chi connectivity index (χ3n) is 2.72. The SMILES string of the molecule is NCc1cc(S(=O)(=O)Nc2ccc(Br)cc2Br)ccc1F. The smallest absolute Gasteiger partial charge is 0.261 e. The van der Waals surface area contributed by atoms with Gasteiger partial charge in [0.25, 0.3) is 10.0 Å². The quantitative estimate of drug-likeness (QED) is 0.767. The first kappa shape index (κ1) is 16.4. The van der Waals surface area contributed by atoms with Crippen molar-refractivity contribution in [1.29, 1.82) is 0 Å². The van der Waals surface area contributed by atoms with Crippen LogP contribution in [0.2, 0.25) is 0 Å². The Bertz CT molecular complexity index is 782. The van der Waals surface area contributed by atoms with Crippen molar-refractivity contribution in [1.82, 2.24) is 0 Å². The number of rotatable bonds is 4. The maximum Gasteiger partial charge on any atom is 0.261 e. The van der Waals surface area contributed by atoms with Crippen LogP contribution in [-0.4, -0.2) is 8.42 Å². The molecule has 3 N–H and O–H groups in total. The Morgan fingerprint density at radius 3 is 2.48 bits per heavy atom. The van der Waals surface area contributed by atoms with Gasteiger partial charge in [-0.2, -0.15) is 0 Å². The van der Waals surface area contributed by atoms with Crippen LogP contribution >= 0.6 is 31.9 Å². The van der Waals surface area contributed by atoms with Crippen LogP contribution in [-0.2, 0) is 16.6 Å². The molecule has 0 aliphatic rings. The van der Waals surface area contributed by atoms with Crippen molar-refractivity contribution < 1.29 is 12.8 Å². The highest BCUT2D eigenvalue weighted by Crippen LogP contribution is 2.28. The van der Waals surface area contributed by atoms with Crippen LogP contribution in [0.5, 0.6) is 0 Å².